The van der Waals surface area contributed by atoms with Crippen LogP contribution in [0.1, 0.15) is 19.4 Å². The molecular formula is C12H11FN2. The number of nitriles is 1. The second kappa shape index (κ2) is 3.09. The molecule has 1 aromatic carbocycles. The van der Waals surface area contributed by atoms with Gasteiger partial charge in [-0.3, -0.25) is 0 Å². The average Bonchev–Trinajstić information content (AvgIpc) is 2.61. The molecule has 0 atom stereocenters. The first-order valence-electron chi connectivity index (χ1n) is 4.73. The number of hydrogen-bond acceptors (Lipinski definition) is 1. The van der Waals surface area contributed by atoms with Crippen molar-refractivity contribution in [2.45, 2.75) is 19.3 Å². The van der Waals surface area contributed by atoms with Gasteiger partial charge in [-0.05, 0) is 37.6 Å². The van der Waals surface area contributed by atoms with Gasteiger partial charge in [-0.2, -0.15) is 5.26 Å². The molecule has 3 heteroatoms. The third-order valence-corrected chi connectivity index (χ3v) is 2.60. The van der Waals surface area contributed by atoms with E-state index in [2.05, 4.69) is 11.1 Å². The Bertz CT molecular complexity index is 546. The van der Waals surface area contributed by atoms with E-state index in [1.807, 2.05) is 13.8 Å². The minimum atomic E-state index is -0.559. The van der Waals surface area contributed by atoms with Gasteiger partial charge in [-0.15, -0.1) is 0 Å². The average molecular weight is 202 g/mol. The largest absolute Gasteiger partial charge is 0.361 e. The van der Waals surface area contributed by atoms with Crippen LogP contribution in [0.2, 0.25) is 0 Å². The Morgan fingerprint density at radius 1 is 1.40 bits per heavy atom. The van der Waals surface area contributed by atoms with Crippen molar-refractivity contribution >= 4 is 10.9 Å². The molecule has 2 nitrogen and oxygen atoms in total. The Hall–Kier alpha value is -1.82. The van der Waals surface area contributed by atoms with E-state index in [9.17, 15) is 4.39 Å². The fraction of sp³-hybridized carbons (Fsp3) is 0.250. The lowest BCUT2D eigenvalue weighted by Gasteiger charge is -2.13. The van der Waals surface area contributed by atoms with Crippen molar-refractivity contribution in [3.8, 4) is 6.07 Å². The van der Waals surface area contributed by atoms with Crippen molar-refractivity contribution in [1.82, 2.24) is 4.98 Å². The number of fused-ring (bicyclic) bond motifs is 1. The van der Waals surface area contributed by atoms with Crippen LogP contribution in [-0.4, -0.2) is 4.98 Å². The Morgan fingerprint density at radius 2 is 2.13 bits per heavy atom. The summed E-state index contributed by atoms with van der Waals surface area (Å²) < 4.78 is 12.9. The van der Waals surface area contributed by atoms with Crippen LogP contribution in [0.4, 0.5) is 4.39 Å². The van der Waals surface area contributed by atoms with Gasteiger partial charge in [0.1, 0.15) is 5.82 Å². The second-order valence-corrected chi connectivity index (χ2v) is 4.13. The SMILES string of the molecule is CC(C)(C#N)c1c[nH]c2cc(F)ccc12. The lowest BCUT2D eigenvalue weighted by atomic mass is 9.86. The Kier molecular flexibility index (Phi) is 2.01. The van der Waals surface area contributed by atoms with Crippen molar-refractivity contribution in [1.29, 1.82) is 5.26 Å². The number of benzene rings is 1. The molecule has 0 saturated heterocycles. The maximum absolute atomic E-state index is 12.9. The normalized spacial score (nSPS) is 11.6. The zero-order chi connectivity index (χ0) is 11.1. The standard InChI is InChI=1S/C12H11FN2/c1-12(2,7-14)10-6-15-11-5-8(13)3-4-9(10)11/h3-6,15H,1-2H3. The molecule has 0 radical (unpaired) electrons. The third kappa shape index (κ3) is 1.48. The zero-order valence-corrected chi connectivity index (χ0v) is 8.63. The van der Waals surface area contributed by atoms with E-state index in [1.54, 1.807) is 12.3 Å². The molecule has 15 heavy (non-hydrogen) atoms. The van der Waals surface area contributed by atoms with E-state index >= 15 is 0 Å². The van der Waals surface area contributed by atoms with Crippen molar-refractivity contribution in [2.75, 3.05) is 0 Å². The highest BCUT2D eigenvalue weighted by atomic mass is 19.1. The van der Waals surface area contributed by atoms with E-state index < -0.39 is 5.41 Å². The quantitative estimate of drug-likeness (QED) is 0.758. The maximum Gasteiger partial charge on any atom is 0.125 e. The second-order valence-electron chi connectivity index (χ2n) is 4.13. The first-order chi connectivity index (χ1) is 7.04. The van der Waals surface area contributed by atoms with Crippen molar-refractivity contribution in [3.63, 3.8) is 0 Å². The number of halogens is 1. The molecule has 2 aromatic rings. The number of hydrogen-bond donors (Lipinski definition) is 1. The summed E-state index contributed by atoms with van der Waals surface area (Å²) in [5, 5.41) is 9.95. The van der Waals surface area contributed by atoms with Gasteiger partial charge in [0.2, 0.25) is 0 Å². The molecule has 0 bridgehead atoms. The fourth-order valence-corrected chi connectivity index (χ4v) is 1.68. The molecule has 1 N–H and O–H groups in total. The van der Waals surface area contributed by atoms with Gasteiger partial charge in [-0.1, -0.05) is 0 Å². The first-order valence-corrected chi connectivity index (χ1v) is 4.73. The van der Waals surface area contributed by atoms with Gasteiger partial charge >= 0.3 is 0 Å². The van der Waals surface area contributed by atoms with Crippen LogP contribution >= 0.6 is 0 Å². The molecule has 1 heterocycles. The molecular weight excluding hydrogens is 191 g/mol. The van der Waals surface area contributed by atoms with Crippen molar-refractivity contribution in [2.24, 2.45) is 0 Å². The van der Waals surface area contributed by atoms with E-state index in [0.717, 1.165) is 16.5 Å². The number of nitrogens with one attached hydrogen (secondary N) is 1. The number of aromatic nitrogens is 1. The molecule has 76 valence electrons. The predicted octanol–water partition coefficient (Wildman–Crippen LogP) is 3.11. The maximum atomic E-state index is 12.9. The van der Waals surface area contributed by atoms with Crippen LogP contribution in [0.25, 0.3) is 10.9 Å². The summed E-state index contributed by atoms with van der Waals surface area (Å²) in [6.45, 7) is 3.69. The Morgan fingerprint density at radius 3 is 2.80 bits per heavy atom. The Labute approximate surface area is 87.3 Å². The molecule has 0 aliphatic rings. The van der Waals surface area contributed by atoms with Gasteiger partial charge < -0.3 is 4.98 Å². The number of H-pyrrole nitrogens is 1. The molecule has 0 amide bonds. The van der Waals surface area contributed by atoms with Crippen LogP contribution in [0, 0.1) is 17.1 Å². The van der Waals surface area contributed by atoms with Crippen molar-refractivity contribution < 1.29 is 4.39 Å². The van der Waals surface area contributed by atoms with Crippen LogP contribution in [-0.2, 0) is 5.41 Å². The summed E-state index contributed by atoms with van der Waals surface area (Å²) >= 11 is 0. The van der Waals surface area contributed by atoms with Crippen LogP contribution in [0.3, 0.4) is 0 Å². The monoisotopic (exact) mass is 202 g/mol. The number of nitrogens with zero attached hydrogens (tertiary/aromatic N) is 1. The summed E-state index contributed by atoms with van der Waals surface area (Å²) in [5.41, 5.74) is 1.07. The molecule has 0 saturated carbocycles. The molecule has 0 unspecified atom stereocenters. The highest BCUT2D eigenvalue weighted by Crippen LogP contribution is 2.29. The van der Waals surface area contributed by atoms with Gasteiger partial charge in [0.15, 0.2) is 0 Å². The summed E-state index contributed by atoms with van der Waals surface area (Å²) in [6.07, 6.45) is 1.77. The fourth-order valence-electron chi connectivity index (χ4n) is 1.68. The summed E-state index contributed by atoms with van der Waals surface area (Å²) in [5.74, 6) is -0.273. The molecule has 0 aliphatic heterocycles. The summed E-state index contributed by atoms with van der Waals surface area (Å²) in [4.78, 5) is 2.98. The minimum absolute atomic E-state index is 0.273. The highest BCUT2D eigenvalue weighted by Gasteiger charge is 2.23. The van der Waals surface area contributed by atoms with Gasteiger partial charge in [0, 0.05) is 17.1 Å². The van der Waals surface area contributed by atoms with Crippen LogP contribution in [0.15, 0.2) is 24.4 Å². The van der Waals surface area contributed by atoms with Crippen LogP contribution in [0.5, 0.6) is 0 Å². The van der Waals surface area contributed by atoms with Gasteiger partial charge in [0.25, 0.3) is 0 Å². The van der Waals surface area contributed by atoms with E-state index in [-0.39, 0.29) is 5.82 Å². The molecule has 0 aliphatic carbocycles. The number of rotatable bonds is 1. The topological polar surface area (TPSA) is 39.6 Å². The smallest absolute Gasteiger partial charge is 0.125 e. The lowest BCUT2D eigenvalue weighted by molar-refractivity contribution is 0.629. The molecule has 2 rings (SSSR count). The molecule has 1 aromatic heterocycles. The molecule has 0 spiro atoms. The number of aromatic amines is 1. The van der Waals surface area contributed by atoms with Crippen molar-refractivity contribution in [3.05, 3.63) is 35.8 Å². The van der Waals surface area contributed by atoms with E-state index in [1.165, 1.54) is 12.1 Å². The zero-order valence-electron chi connectivity index (χ0n) is 8.63. The first kappa shape index (κ1) is 9.72. The van der Waals surface area contributed by atoms with E-state index in [4.69, 9.17) is 5.26 Å². The third-order valence-electron chi connectivity index (χ3n) is 2.60. The summed E-state index contributed by atoms with van der Waals surface area (Å²) in [7, 11) is 0. The van der Waals surface area contributed by atoms with E-state index in [0.29, 0.717) is 0 Å². The predicted molar refractivity (Wildman–Crippen MR) is 56.9 cm³/mol. The molecule has 0 fully saturated rings. The van der Waals surface area contributed by atoms with Gasteiger partial charge in [0.05, 0.1) is 11.5 Å². The van der Waals surface area contributed by atoms with Gasteiger partial charge in [-0.25, -0.2) is 4.39 Å². The van der Waals surface area contributed by atoms with Crippen LogP contribution < -0.4 is 0 Å². The Balaban J connectivity index is 2.71. The highest BCUT2D eigenvalue weighted by molar-refractivity contribution is 5.84. The lowest BCUT2D eigenvalue weighted by Crippen LogP contribution is -2.12. The summed E-state index contributed by atoms with van der Waals surface area (Å²) in [6, 6.07) is 6.79. The minimum Gasteiger partial charge on any atom is -0.361 e.